The summed E-state index contributed by atoms with van der Waals surface area (Å²) in [4.78, 5) is 17.9. The zero-order valence-electron chi connectivity index (χ0n) is 20.3. The van der Waals surface area contributed by atoms with Gasteiger partial charge in [0.05, 0.1) is 18.1 Å². The van der Waals surface area contributed by atoms with Crippen molar-refractivity contribution in [2.75, 3.05) is 39.0 Å². The fourth-order valence-corrected chi connectivity index (χ4v) is 5.48. The molecule has 2 aliphatic heterocycles. The van der Waals surface area contributed by atoms with E-state index in [-0.39, 0.29) is 0 Å². The minimum Gasteiger partial charge on any atom is -0.468 e. The lowest BCUT2D eigenvalue weighted by Crippen LogP contribution is -2.40. The highest BCUT2D eigenvalue weighted by Gasteiger charge is 2.29. The SMILES string of the molecule is C=C(C1CCN(Cc2cnc(N)nc2)CC1)N1CCC(n2c(OC)nc3cc(C)ccc32)CC1. The second-order valence-electron chi connectivity index (χ2n) is 9.67. The number of ether oxygens (including phenoxy) is 1. The molecule has 34 heavy (non-hydrogen) atoms. The van der Waals surface area contributed by atoms with Gasteiger partial charge in [0, 0.05) is 55.2 Å². The number of piperidine rings is 2. The zero-order chi connectivity index (χ0) is 23.7. The molecule has 2 N–H and O–H groups in total. The highest BCUT2D eigenvalue weighted by atomic mass is 16.5. The Balaban J connectivity index is 1.16. The van der Waals surface area contributed by atoms with Crippen LogP contribution in [0.25, 0.3) is 11.0 Å². The van der Waals surface area contributed by atoms with E-state index in [1.54, 1.807) is 7.11 Å². The van der Waals surface area contributed by atoms with Crippen molar-refractivity contribution in [1.29, 1.82) is 0 Å². The number of nitrogen functional groups attached to an aromatic ring is 1. The molecule has 2 saturated heterocycles. The average molecular weight is 462 g/mol. The number of aryl methyl sites for hydroxylation is 1. The van der Waals surface area contributed by atoms with E-state index in [4.69, 9.17) is 15.5 Å². The number of anilines is 1. The van der Waals surface area contributed by atoms with Crippen LogP contribution in [0.3, 0.4) is 0 Å². The van der Waals surface area contributed by atoms with Crippen molar-refractivity contribution in [1.82, 2.24) is 29.3 Å². The molecule has 2 fully saturated rings. The third-order valence-electron chi connectivity index (χ3n) is 7.42. The van der Waals surface area contributed by atoms with Crippen LogP contribution in [-0.4, -0.2) is 62.6 Å². The van der Waals surface area contributed by atoms with Gasteiger partial charge in [0.2, 0.25) is 5.95 Å². The first-order valence-corrected chi connectivity index (χ1v) is 12.3. The fourth-order valence-electron chi connectivity index (χ4n) is 5.48. The molecule has 0 atom stereocenters. The Morgan fingerprint density at radius 2 is 1.79 bits per heavy atom. The van der Waals surface area contributed by atoms with Gasteiger partial charge in [-0.1, -0.05) is 12.6 Å². The Bertz CT molecular complexity index is 1140. The summed E-state index contributed by atoms with van der Waals surface area (Å²) in [6, 6.07) is 7.59. The maximum absolute atomic E-state index is 5.65. The number of nitrogens with two attached hydrogens (primary N) is 1. The van der Waals surface area contributed by atoms with E-state index in [1.165, 1.54) is 16.8 Å². The van der Waals surface area contributed by atoms with E-state index >= 15 is 0 Å². The van der Waals surface area contributed by atoms with E-state index in [9.17, 15) is 0 Å². The van der Waals surface area contributed by atoms with Gasteiger partial charge in [-0.05, 0) is 63.4 Å². The molecule has 3 aromatic rings. The van der Waals surface area contributed by atoms with Crippen LogP contribution in [0.1, 0.15) is 42.9 Å². The van der Waals surface area contributed by atoms with E-state index < -0.39 is 0 Å². The summed E-state index contributed by atoms with van der Waals surface area (Å²) in [5.41, 5.74) is 11.4. The predicted octanol–water partition coefficient (Wildman–Crippen LogP) is 3.79. The Morgan fingerprint density at radius 3 is 2.47 bits per heavy atom. The summed E-state index contributed by atoms with van der Waals surface area (Å²) in [6.45, 7) is 11.7. The summed E-state index contributed by atoms with van der Waals surface area (Å²) >= 11 is 0. The minimum atomic E-state index is 0.331. The molecule has 0 radical (unpaired) electrons. The van der Waals surface area contributed by atoms with Crippen molar-refractivity contribution >= 4 is 17.0 Å². The van der Waals surface area contributed by atoms with Crippen LogP contribution < -0.4 is 10.5 Å². The number of aromatic nitrogens is 4. The highest BCUT2D eigenvalue weighted by Crippen LogP contribution is 2.35. The van der Waals surface area contributed by atoms with Gasteiger partial charge in [0.15, 0.2) is 0 Å². The van der Waals surface area contributed by atoms with Crippen LogP contribution in [0.5, 0.6) is 6.01 Å². The number of likely N-dealkylation sites (tertiary alicyclic amines) is 2. The molecule has 2 aromatic heterocycles. The van der Waals surface area contributed by atoms with Crippen LogP contribution in [-0.2, 0) is 6.54 Å². The van der Waals surface area contributed by atoms with Crippen LogP contribution in [0.2, 0.25) is 0 Å². The van der Waals surface area contributed by atoms with Crippen molar-refractivity contribution < 1.29 is 4.74 Å². The first-order chi connectivity index (χ1) is 16.5. The molecular formula is C26H35N7O. The van der Waals surface area contributed by atoms with Crippen LogP contribution in [0.4, 0.5) is 5.95 Å². The molecule has 8 heteroatoms. The second kappa shape index (κ2) is 9.62. The lowest BCUT2D eigenvalue weighted by atomic mass is 9.91. The van der Waals surface area contributed by atoms with Crippen molar-refractivity contribution in [3.05, 3.63) is 54.0 Å². The number of nitrogens with zero attached hydrogens (tertiary/aromatic N) is 6. The van der Waals surface area contributed by atoms with Crippen molar-refractivity contribution in [3.63, 3.8) is 0 Å². The van der Waals surface area contributed by atoms with Gasteiger partial charge in [-0.2, -0.15) is 4.98 Å². The van der Waals surface area contributed by atoms with Gasteiger partial charge >= 0.3 is 0 Å². The Morgan fingerprint density at radius 1 is 1.09 bits per heavy atom. The number of imidazole rings is 1. The van der Waals surface area contributed by atoms with Crippen LogP contribution >= 0.6 is 0 Å². The highest BCUT2D eigenvalue weighted by molar-refractivity contribution is 5.77. The largest absolute Gasteiger partial charge is 0.468 e. The van der Waals surface area contributed by atoms with Gasteiger partial charge in [-0.25, -0.2) is 9.97 Å². The molecule has 180 valence electrons. The molecular weight excluding hydrogens is 426 g/mol. The molecule has 4 heterocycles. The molecule has 1 aromatic carbocycles. The molecule has 0 bridgehead atoms. The van der Waals surface area contributed by atoms with Crippen molar-refractivity contribution in [2.45, 2.75) is 45.2 Å². The summed E-state index contributed by atoms with van der Waals surface area (Å²) < 4.78 is 7.95. The predicted molar refractivity (Wildman–Crippen MR) is 134 cm³/mol. The maximum atomic E-state index is 5.65. The standard InChI is InChI=1S/C26H35N7O/c1-18-4-5-24-23(14-18)30-26(34-3)33(24)22-8-12-32(13-9-22)19(2)21-6-10-31(11-7-21)17-20-15-28-25(27)29-16-20/h4-5,14-16,21-22H,2,6-13,17H2,1,3H3,(H2,27,28,29). The van der Waals surface area contributed by atoms with E-state index in [2.05, 4.69) is 56.0 Å². The Labute approximate surface area is 201 Å². The first-order valence-electron chi connectivity index (χ1n) is 12.3. The average Bonchev–Trinajstić information content (AvgIpc) is 3.23. The first kappa shape index (κ1) is 22.7. The summed E-state index contributed by atoms with van der Waals surface area (Å²) in [5.74, 6) is 0.888. The summed E-state index contributed by atoms with van der Waals surface area (Å²) in [6.07, 6.45) is 8.10. The topological polar surface area (TPSA) is 85.3 Å². The van der Waals surface area contributed by atoms with Crippen LogP contribution in [0.15, 0.2) is 42.9 Å². The number of hydrogen-bond donors (Lipinski definition) is 1. The number of allylic oxidation sites excluding steroid dienone is 1. The minimum absolute atomic E-state index is 0.331. The third kappa shape index (κ3) is 4.59. The quantitative estimate of drug-likeness (QED) is 0.598. The number of rotatable bonds is 6. The molecule has 0 spiro atoms. The van der Waals surface area contributed by atoms with Crippen molar-refractivity contribution in [3.8, 4) is 6.01 Å². The number of benzene rings is 1. The van der Waals surface area contributed by atoms with Crippen LogP contribution in [0, 0.1) is 12.8 Å². The molecule has 0 unspecified atom stereocenters. The van der Waals surface area contributed by atoms with Crippen molar-refractivity contribution in [2.24, 2.45) is 5.92 Å². The second-order valence-corrected chi connectivity index (χ2v) is 9.67. The lowest BCUT2D eigenvalue weighted by Gasteiger charge is -2.40. The van der Waals surface area contributed by atoms with Gasteiger partial charge < -0.3 is 15.4 Å². The molecule has 2 aliphatic rings. The zero-order valence-corrected chi connectivity index (χ0v) is 20.3. The molecule has 0 saturated carbocycles. The number of hydrogen-bond acceptors (Lipinski definition) is 7. The number of fused-ring (bicyclic) bond motifs is 1. The van der Waals surface area contributed by atoms with E-state index in [0.29, 0.717) is 17.9 Å². The Hall–Kier alpha value is -3.13. The Kier molecular flexibility index (Phi) is 6.41. The monoisotopic (exact) mass is 461 g/mol. The number of methoxy groups -OCH3 is 1. The van der Waals surface area contributed by atoms with E-state index in [0.717, 1.165) is 75.5 Å². The maximum Gasteiger partial charge on any atom is 0.297 e. The lowest BCUT2D eigenvalue weighted by molar-refractivity contribution is 0.153. The molecule has 0 amide bonds. The fraction of sp³-hybridized carbons (Fsp3) is 0.500. The molecule has 8 nitrogen and oxygen atoms in total. The van der Waals surface area contributed by atoms with Gasteiger partial charge in [0.1, 0.15) is 0 Å². The van der Waals surface area contributed by atoms with Gasteiger partial charge in [-0.15, -0.1) is 0 Å². The third-order valence-corrected chi connectivity index (χ3v) is 7.42. The molecule has 5 rings (SSSR count). The summed E-state index contributed by atoms with van der Waals surface area (Å²) in [5, 5.41) is 0. The normalized spacial score (nSPS) is 18.5. The van der Waals surface area contributed by atoms with Gasteiger partial charge in [-0.3, -0.25) is 9.47 Å². The smallest absolute Gasteiger partial charge is 0.297 e. The van der Waals surface area contributed by atoms with Gasteiger partial charge in [0.25, 0.3) is 6.01 Å². The molecule has 0 aliphatic carbocycles. The summed E-state index contributed by atoms with van der Waals surface area (Å²) in [7, 11) is 1.72. The van der Waals surface area contributed by atoms with E-state index in [1.807, 2.05) is 12.4 Å².